The van der Waals surface area contributed by atoms with Crippen molar-refractivity contribution in [1.29, 1.82) is 0 Å². The number of hydrogen-bond acceptors (Lipinski definition) is 5. The first kappa shape index (κ1) is 14.4. The van der Waals surface area contributed by atoms with Crippen LogP contribution in [0.2, 0.25) is 0 Å². The third-order valence-electron chi connectivity index (χ3n) is 2.12. The number of aromatic nitrogens is 4. The molecule has 8 heteroatoms. The molecule has 2 rings (SSSR count). The van der Waals surface area contributed by atoms with Crippen molar-refractivity contribution in [2.24, 2.45) is 7.05 Å². The number of esters is 1. The lowest BCUT2D eigenvalue weighted by Crippen LogP contribution is -3.00. The van der Waals surface area contributed by atoms with Gasteiger partial charge in [0.2, 0.25) is 12.2 Å². The van der Waals surface area contributed by atoms with Gasteiger partial charge in [-0.2, -0.15) is 4.98 Å². The standard InChI is InChI=1S/C10H13N4O3.BrH/c1-13-3-4-14(8-13)6-10(15)16-5-2-9-11-7-12-17-9;/h3-4,7-8H,2,5-6H2,1H3;1H/q+1;/p-1. The molecular formula is C10H13BrN4O3. The van der Waals surface area contributed by atoms with Crippen molar-refractivity contribution in [3.8, 4) is 0 Å². The van der Waals surface area contributed by atoms with E-state index in [4.69, 9.17) is 9.26 Å². The average Bonchev–Trinajstić information content (AvgIpc) is 2.90. The fourth-order valence-electron chi connectivity index (χ4n) is 1.35. The highest BCUT2D eigenvalue weighted by molar-refractivity contribution is 5.69. The lowest BCUT2D eigenvalue weighted by Gasteiger charge is -2.00. The van der Waals surface area contributed by atoms with E-state index in [1.54, 1.807) is 17.1 Å². The molecule has 0 saturated carbocycles. The molecule has 98 valence electrons. The van der Waals surface area contributed by atoms with Crippen molar-refractivity contribution in [3.05, 3.63) is 30.9 Å². The van der Waals surface area contributed by atoms with E-state index in [2.05, 4.69) is 10.1 Å². The van der Waals surface area contributed by atoms with E-state index in [0.29, 0.717) is 12.3 Å². The number of rotatable bonds is 5. The molecule has 18 heavy (non-hydrogen) atoms. The smallest absolute Gasteiger partial charge is 0.348 e. The second-order valence-electron chi connectivity index (χ2n) is 3.56. The van der Waals surface area contributed by atoms with E-state index in [-0.39, 0.29) is 36.1 Å². The summed E-state index contributed by atoms with van der Waals surface area (Å²) < 4.78 is 13.4. The van der Waals surface area contributed by atoms with E-state index in [1.807, 2.05) is 17.8 Å². The summed E-state index contributed by atoms with van der Waals surface area (Å²) in [7, 11) is 1.89. The van der Waals surface area contributed by atoms with Crippen molar-refractivity contribution in [2.75, 3.05) is 6.61 Å². The second kappa shape index (κ2) is 6.90. The molecule has 0 aliphatic heterocycles. The summed E-state index contributed by atoms with van der Waals surface area (Å²) in [5, 5.41) is 3.46. The lowest BCUT2D eigenvalue weighted by atomic mass is 10.4. The number of nitrogens with zero attached hydrogens (tertiary/aromatic N) is 4. The molecule has 0 fully saturated rings. The summed E-state index contributed by atoms with van der Waals surface area (Å²) in [5.41, 5.74) is 0. The number of imidazole rings is 1. The van der Waals surface area contributed by atoms with E-state index < -0.39 is 0 Å². The summed E-state index contributed by atoms with van der Waals surface area (Å²) in [6.45, 7) is 0.444. The second-order valence-corrected chi connectivity index (χ2v) is 3.56. The van der Waals surface area contributed by atoms with Crippen LogP contribution in [0.5, 0.6) is 0 Å². The van der Waals surface area contributed by atoms with Crippen LogP contribution in [0.15, 0.2) is 29.6 Å². The van der Waals surface area contributed by atoms with Crippen LogP contribution in [0, 0.1) is 0 Å². The van der Waals surface area contributed by atoms with Gasteiger partial charge in [0, 0.05) is 0 Å². The molecule has 0 aromatic carbocycles. The molecule has 0 aliphatic rings. The molecule has 2 aromatic rings. The fourth-order valence-corrected chi connectivity index (χ4v) is 1.35. The Kier molecular flexibility index (Phi) is 5.50. The van der Waals surface area contributed by atoms with Crippen LogP contribution in [0.1, 0.15) is 5.89 Å². The van der Waals surface area contributed by atoms with Gasteiger partial charge in [0.15, 0.2) is 12.9 Å². The molecule has 0 N–H and O–H groups in total. The summed E-state index contributed by atoms with van der Waals surface area (Å²) in [4.78, 5) is 15.3. The zero-order valence-corrected chi connectivity index (χ0v) is 11.4. The van der Waals surface area contributed by atoms with Crippen LogP contribution in [-0.2, 0) is 29.5 Å². The summed E-state index contributed by atoms with van der Waals surface area (Å²) in [6, 6.07) is 0. The van der Waals surface area contributed by atoms with Crippen LogP contribution >= 0.6 is 0 Å². The van der Waals surface area contributed by atoms with Gasteiger partial charge in [-0.25, -0.2) is 13.9 Å². The maximum absolute atomic E-state index is 11.4. The van der Waals surface area contributed by atoms with Crippen molar-refractivity contribution in [3.63, 3.8) is 0 Å². The number of ether oxygens (including phenoxy) is 1. The molecule has 2 aromatic heterocycles. The number of hydrogen-bond donors (Lipinski definition) is 0. The Morgan fingerprint density at radius 2 is 2.44 bits per heavy atom. The van der Waals surface area contributed by atoms with E-state index >= 15 is 0 Å². The van der Waals surface area contributed by atoms with Crippen molar-refractivity contribution in [1.82, 2.24) is 14.7 Å². The number of carbonyl (C=O) groups excluding carboxylic acids is 1. The first-order valence-electron chi connectivity index (χ1n) is 5.16. The highest BCUT2D eigenvalue weighted by Crippen LogP contribution is 1.94. The van der Waals surface area contributed by atoms with Gasteiger partial charge in [-0.3, -0.25) is 0 Å². The minimum atomic E-state index is -0.291. The van der Waals surface area contributed by atoms with Gasteiger partial charge in [0.1, 0.15) is 19.0 Å². The molecule has 0 unspecified atom stereocenters. The summed E-state index contributed by atoms with van der Waals surface area (Å²) in [6.07, 6.45) is 7.21. The van der Waals surface area contributed by atoms with Gasteiger partial charge in [0.05, 0.1) is 13.5 Å². The Labute approximate surface area is 114 Å². The molecule has 2 heterocycles. The van der Waals surface area contributed by atoms with Crippen molar-refractivity contribution >= 4 is 5.97 Å². The van der Waals surface area contributed by atoms with Gasteiger partial charge in [-0.15, -0.1) is 0 Å². The summed E-state index contributed by atoms with van der Waals surface area (Å²) >= 11 is 0. The number of halogens is 1. The third-order valence-corrected chi connectivity index (χ3v) is 2.12. The molecule has 0 radical (unpaired) electrons. The van der Waals surface area contributed by atoms with E-state index in [0.717, 1.165) is 0 Å². The lowest BCUT2D eigenvalue weighted by molar-refractivity contribution is -0.671. The predicted molar refractivity (Wildman–Crippen MR) is 54.6 cm³/mol. The van der Waals surface area contributed by atoms with Gasteiger partial charge >= 0.3 is 5.97 Å². The minimum absolute atomic E-state index is 0. The highest BCUT2D eigenvalue weighted by atomic mass is 79.9. The van der Waals surface area contributed by atoms with Crippen LogP contribution in [0.25, 0.3) is 0 Å². The molecule has 0 atom stereocenters. The SMILES string of the molecule is C[n+]1ccn(CC(=O)OCCc2ncno2)c1.[Br-]. The van der Waals surface area contributed by atoms with E-state index in [9.17, 15) is 4.79 Å². The molecule has 7 nitrogen and oxygen atoms in total. The van der Waals surface area contributed by atoms with Gasteiger partial charge in [-0.1, -0.05) is 5.16 Å². The van der Waals surface area contributed by atoms with Crippen LogP contribution < -0.4 is 21.5 Å². The molecule has 0 spiro atoms. The first-order valence-corrected chi connectivity index (χ1v) is 5.16. The largest absolute Gasteiger partial charge is 1.00 e. The Balaban J connectivity index is 0.00000162. The molecule has 0 amide bonds. The number of aryl methyl sites for hydroxylation is 1. The molecule has 0 saturated heterocycles. The van der Waals surface area contributed by atoms with Crippen molar-refractivity contribution < 1.29 is 35.6 Å². The minimum Gasteiger partial charge on any atom is -1.00 e. The Morgan fingerprint density at radius 3 is 3.06 bits per heavy atom. The van der Waals surface area contributed by atoms with Gasteiger partial charge in [-0.05, 0) is 0 Å². The molecule has 0 aliphatic carbocycles. The number of carbonyl (C=O) groups is 1. The topological polar surface area (TPSA) is 74.0 Å². The maximum atomic E-state index is 11.4. The average molecular weight is 317 g/mol. The van der Waals surface area contributed by atoms with Crippen LogP contribution in [0.4, 0.5) is 0 Å². The Hall–Kier alpha value is -1.70. The van der Waals surface area contributed by atoms with Gasteiger partial charge in [0.25, 0.3) is 0 Å². The Bertz CT molecular complexity index is 483. The zero-order valence-electron chi connectivity index (χ0n) is 9.82. The Morgan fingerprint density at radius 1 is 1.61 bits per heavy atom. The van der Waals surface area contributed by atoms with Gasteiger partial charge < -0.3 is 26.2 Å². The van der Waals surface area contributed by atoms with Crippen LogP contribution in [-0.4, -0.2) is 27.3 Å². The third kappa shape index (κ3) is 4.28. The summed E-state index contributed by atoms with van der Waals surface area (Å²) in [5.74, 6) is 0.172. The van der Waals surface area contributed by atoms with Crippen LogP contribution in [0.3, 0.4) is 0 Å². The zero-order chi connectivity index (χ0) is 12.1. The molecular weight excluding hydrogens is 304 g/mol. The first-order chi connectivity index (χ1) is 8.24. The quantitative estimate of drug-likeness (QED) is 0.422. The fraction of sp³-hybridized carbons (Fsp3) is 0.400. The monoisotopic (exact) mass is 316 g/mol. The maximum Gasteiger partial charge on any atom is 0.348 e. The van der Waals surface area contributed by atoms with E-state index in [1.165, 1.54) is 6.33 Å². The molecule has 0 bridgehead atoms. The highest BCUT2D eigenvalue weighted by Gasteiger charge is 2.09. The normalized spacial score (nSPS) is 9.83. The predicted octanol–water partition coefficient (Wildman–Crippen LogP) is -3.51. The van der Waals surface area contributed by atoms with Crippen molar-refractivity contribution in [2.45, 2.75) is 13.0 Å².